The lowest BCUT2D eigenvalue weighted by molar-refractivity contribution is 0.964. The first kappa shape index (κ1) is 19.9. The van der Waals surface area contributed by atoms with Crippen molar-refractivity contribution in [2.45, 2.75) is 10.1 Å². The molecule has 0 fully saturated rings. The Balaban J connectivity index is 1.67. The molecule has 0 atom stereocenters. The zero-order valence-electron chi connectivity index (χ0n) is 18.2. The Labute approximate surface area is 205 Å². The summed E-state index contributed by atoms with van der Waals surface area (Å²) in [6, 6.07) is 27.4. The van der Waals surface area contributed by atoms with Crippen LogP contribution in [0.4, 0.5) is 17.1 Å². The minimum atomic E-state index is 0.743. The maximum Gasteiger partial charge on any atom is 0.129 e. The number of thioether (sulfide) groups is 2. The molecule has 0 spiro atoms. The number of hydrogen-bond acceptors (Lipinski definition) is 6. The number of hydrogen-bond donors (Lipinski definition) is 2. The van der Waals surface area contributed by atoms with Gasteiger partial charge >= 0.3 is 0 Å². The largest absolute Gasteiger partial charge is 0.399 e. The number of rotatable bonds is 2. The van der Waals surface area contributed by atoms with Gasteiger partial charge in [-0.3, -0.25) is 0 Å². The fraction of sp³-hybridized carbons (Fsp3) is 0.0714. The van der Waals surface area contributed by atoms with Crippen LogP contribution in [0.1, 0.15) is 0 Å². The molecule has 6 heteroatoms. The molecule has 1 aliphatic rings. The maximum atomic E-state index is 5.96. The Morgan fingerprint density at radius 2 is 1.26 bits per heavy atom. The molecule has 7 rings (SSSR count). The molecule has 0 aliphatic carbocycles. The lowest BCUT2D eigenvalue weighted by Crippen LogP contribution is -2.03. The lowest BCUT2D eigenvalue weighted by atomic mass is 9.92. The van der Waals surface area contributed by atoms with Crippen molar-refractivity contribution in [3.05, 3.63) is 78.9 Å². The molecule has 0 saturated carbocycles. The minimum Gasteiger partial charge on any atom is -0.399 e. The predicted octanol–water partition coefficient (Wildman–Crippen LogP) is 7.61. The molecule has 0 bridgehead atoms. The Morgan fingerprint density at radius 3 is 1.97 bits per heavy atom. The first-order valence-corrected chi connectivity index (χ1v) is 13.2. The molecule has 0 saturated heterocycles. The van der Waals surface area contributed by atoms with Gasteiger partial charge in [0.25, 0.3) is 0 Å². The van der Waals surface area contributed by atoms with Crippen molar-refractivity contribution in [3.63, 3.8) is 0 Å². The lowest BCUT2D eigenvalue weighted by Gasteiger charge is -2.19. The molecule has 6 aromatic rings. The van der Waals surface area contributed by atoms with E-state index in [1.165, 1.54) is 32.3 Å². The van der Waals surface area contributed by atoms with Crippen molar-refractivity contribution in [1.29, 1.82) is 0 Å². The molecule has 3 N–H and O–H groups in total. The minimum absolute atomic E-state index is 0.743. The van der Waals surface area contributed by atoms with E-state index in [9.17, 15) is 0 Å². The number of fused-ring (bicyclic) bond motifs is 8. The third-order valence-corrected chi connectivity index (χ3v) is 8.66. The monoisotopic (exact) mass is 476 g/mol. The van der Waals surface area contributed by atoms with E-state index in [0.717, 1.165) is 49.7 Å². The zero-order valence-corrected chi connectivity index (χ0v) is 19.8. The number of nitrogens with zero attached hydrogens (tertiary/aromatic N) is 2. The number of aromatic nitrogens is 2. The van der Waals surface area contributed by atoms with Gasteiger partial charge in [-0.2, -0.15) is 0 Å². The summed E-state index contributed by atoms with van der Waals surface area (Å²) in [5.41, 5.74) is 10.5. The quantitative estimate of drug-likeness (QED) is 0.152. The van der Waals surface area contributed by atoms with Crippen LogP contribution in [-0.4, -0.2) is 21.5 Å². The van der Waals surface area contributed by atoms with Crippen molar-refractivity contribution in [2.75, 3.05) is 22.6 Å². The summed E-state index contributed by atoms with van der Waals surface area (Å²) in [5.74, 6) is 2.12. The molecule has 5 aromatic carbocycles. The van der Waals surface area contributed by atoms with Crippen LogP contribution in [0.3, 0.4) is 0 Å². The number of benzene rings is 5. The van der Waals surface area contributed by atoms with Crippen LogP contribution in [0.2, 0.25) is 0 Å². The maximum absolute atomic E-state index is 5.96. The molecule has 164 valence electrons. The van der Waals surface area contributed by atoms with Gasteiger partial charge in [0.05, 0.1) is 11.2 Å². The van der Waals surface area contributed by atoms with E-state index in [-0.39, 0.29) is 0 Å². The molecule has 1 aliphatic heterocycles. The molecular formula is C28H20N4S2. The average molecular weight is 477 g/mol. The molecule has 1 aromatic heterocycles. The van der Waals surface area contributed by atoms with E-state index in [1.807, 2.05) is 24.3 Å². The standard InChI is InChI=1S/C28H20N4S2/c29-16-9-11-17(12-10-16)30-26-24-21-8-4-3-6-19(21)18-5-1-2-7-20(18)22(24)15-23-25(26)32-28-27(31-23)33-13-14-34-28/h1-12,15,30H,13-14,29H2. The van der Waals surface area contributed by atoms with Crippen molar-refractivity contribution in [1.82, 2.24) is 9.97 Å². The molecule has 0 amide bonds. The summed E-state index contributed by atoms with van der Waals surface area (Å²) >= 11 is 3.59. The van der Waals surface area contributed by atoms with Gasteiger partial charge in [-0.25, -0.2) is 9.97 Å². The third-order valence-electron chi connectivity index (χ3n) is 6.34. The highest BCUT2D eigenvalue weighted by Gasteiger charge is 2.20. The highest BCUT2D eigenvalue weighted by molar-refractivity contribution is 8.05. The summed E-state index contributed by atoms with van der Waals surface area (Å²) in [6.45, 7) is 0. The second-order valence-electron chi connectivity index (χ2n) is 8.41. The van der Waals surface area contributed by atoms with E-state index in [1.54, 1.807) is 23.5 Å². The van der Waals surface area contributed by atoms with Crippen LogP contribution in [0.25, 0.3) is 43.4 Å². The van der Waals surface area contributed by atoms with Crippen molar-refractivity contribution in [3.8, 4) is 0 Å². The predicted molar refractivity (Wildman–Crippen MR) is 148 cm³/mol. The van der Waals surface area contributed by atoms with Gasteiger partial charge in [-0.05, 0) is 57.3 Å². The van der Waals surface area contributed by atoms with Crippen LogP contribution in [0.5, 0.6) is 0 Å². The summed E-state index contributed by atoms with van der Waals surface area (Å²) in [6.07, 6.45) is 0. The van der Waals surface area contributed by atoms with Gasteiger partial charge in [0.15, 0.2) is 0 Å². The smallest absolute Gasteiger partial charge is 0.129 e. The van der Waals surface area contributed by atoms with E-state index in [4.69, 9.17) is 15.7 Å². The van der Waals surface area contributed by atoms with E-state index >= 15 is 0 Å². The van der Waals surface area contributed by atoms with Gasteiger partial charge < -0.3 is 11.1 Å². The number of nitrogens with two attached hydrogens (primary N) is 1. The molecular weight excluding hydrogens is 456 g/mol. The van der Waals surface area contributed by atoms with E-state index in [2.05, 4.69) is 59.9 Å². The first-order chi connectivity index (χ1) is 16.8. The van der Waals surface area contributed by atoms with Crippen molar-refractivity contribution < 1.29 is 0 Å². The van der Waals surface area contributed by atoms with Gasteiger partial charge in [-0.1, -0.05) is 48.5 Å². The van der Waals surface area contributed by atoms with E-state index < -0.39 is 0 Å². The molecule has 4 nitrogen and oxygen atoms in total. The fourth-order valence-corrected chi connectivity index (χ4v) is 6.91. The van der Waals surface area contributed by atoms with Crippen molar-refractivity contribution in [2.24, 2.45) is 0 Å². The van der Waals surface area contributed by atoms with Crippen LogP contribution in [0.15, 0.2) is 88.9 Å². The highest BCUT2D eigenvalue weighted by Crippen LogP contribution is 2.44. The number of nitrogens with one attached hydrogen (secondary N) is 1. The SMILES string of the molecule is Nc1ccc(Nc2c3nc4c(nc3cc3c5ccccc5c5ccccc5c23)SCCS4)cc1. The van der Waals surface area contributed by atoms with Crippen LogP contribution in [-0.2, 0) is 0 Å². The topological polar surface area (TPSA) is 63.8 Å². The molecule has 0 radical (unpaired) electrons. The molecule has 2 heterocycles. The second kappa shape index (κ2) is 7.79. The Morgan fingerprint density at radius 1 is 0.676 bits per heavy atom. The molecule has 34 heavy (non-hydrogen) atoms. The normalized spacial score (nSPS) is 13.5. The number of nitrogen functional groups attached to an aromatic ring is 1. The number of anilines is 3. The van der Waals surface area contributed by atoms with Crippen molar-refractivity contribution >= 4 is 83.9 Å². The Kier molecular flexibility index (Phi) is 4.57. The summed E-state index contributed by atoms with van der Waals surface area (Å²) in [7, 11) is 0. The zero-order chi connectivity index (χ0) is 22.6. The van der Waals surface area contributed by atoms with E-state index in [0.29, 0.717) is 0 Å². The van der Waals surface area contributed by atoms with Crippen LogP contribution >= 0.6 is 23.5 Å². The second-order valence-corrected chi connectivity index (χ2v) is 10.6. The Bertz CT molecular complexity index is 1750. The summed E-state index contributed by atoms with van der Waals surface area (Å²) < 4.78 is 0. The van der Waals surface area contributed by atoms with Crippen LogP contribution in [0, 0.1) is 0 Å². The first-order valence-electron chi connectivity index (χ1n) is 11.2. The third kappa shape index (κ3) is 3.10. The summed E-state index contributed by atoms with van der Waals surface area (Å²) in [5, 5.41) is 13.0. The molecule has 0 unspecified atom stereocenters. The summed E-state index contributed by atoms with van der Waals surface area (Å²) in [4.78, 5) is 10.2. The van der Waals surface area contributed by atoms with Crippen LogP contribution < -0.4 is 11.1 Å². The van der Waals surface area contributed by atoms with Gasteiger partial charge in [0.2, 0.25) is 0 Å². The Hall–Kier alpha value is -3.48. The van der Waals surface area contributed by atoms with Gasteiger partial charge in [0.1, 0.15) is 15.6 Å². The fourth-order valence-electron chi connectivity index (χ4n) is 4.84. The van der Waals surface area contributed by atoms with Gasteiger partial charge in [0, 0.05) is 28.3 Å². The highest BCUT2D eigenvalue weighted by atomic mass is 32.2. The average Bonchev–Trinajstić information content (AvgIpc) is 2.89. The van der Waals surface area contributed by atoms with Gasteiger partial charge in [-0.15, -0.1) is 23.5 Å².